The molecule has 6 nitrogen and oxygen atoms in total. The molecule has 0 aliphatic heterocycles. The summed E-state index contributed by atoms with van der Waals surface area (Å²) in [6.45, 7) is 3.89. The van der Waals surface area contributed by atoms with Crippen LogP contribution in [-0.2, 0) is 4.79 Å². The van der Waals surface area contributed by atoms with Crippen LogP contribution in [0, 0.1) is 13.8 Å². The van der Waals surface area contributed by atoms with Gasteiger partial charge >= 0.3 is 0 Å². The van der Waals surface area contributed by atoms with E-state index in [2.05, 4.69) is 15.5 Å². The predicted molar refractivity (Wildman–Crippen MR) is 106 cm³/mol. The summed E-state index contributed by atoms with van der Waals surface area (Å²) in [5.41, 5.74) is 3.57. The maximum Gasteiger partial charge on any atom is 0.234 e. The zero-order valence-corrected chi connectivity index (χ0v) is 15.9. The number of nitrogens with two attached hydrogens (primary N) is 1. The molecule has 8 heteroatoms. The Morgan fingerprint density at radius 2 is 1.96 bits per heavy atom. The topological polar surface area (TPSA) is 85.8 Å². The standard InChI is InChI=1S/C18H18ClN5OS/c1-11-5-3-4-6-14(11)17-22-23-18(24(17)20)26-10-16(25)21-13-8-7-12(2)15(19)9-13/h3-9H,10,20H2,1-2H3,(H,21,25). The van der Waals surface area contributed by atoms with E-state index in [1.54, 1.807) is 6.07 Å². The lowest BCUT2D eigenvalue weighted by atomic mass is 10.1. The number of amides is 1. The normalized spacial score (nSPS) is 10.7. The number of benzene rings is 2. The summed E-state index contributed by atoms with van der Waals surface area (Å²) in [6.07, 6.45) is 0. The summed E-state index contributed by atoms with van der Waals surface area (Å²) >= 11 is 7.29. The van der Waals surface area contributed by atoms with Crippen LogP contribution >= 0.6 is 23.4 Å². The van der Waals surface area contributed by atoms with Crippen molar-refractivity contribution in [2.45, 2.75) is 19.0 Å². The second-order valence-electron chi connectivity index (χ2n) is 5.79. The lowest BCUT2D eigenvalue weighted by Crippen LogP contribution is -2.16. The van der Waals surface area contributed by atoms with E-state index in [4.69, 9.17) is 17.4 Å². The van der Waals surface area contributed by atoms with Gasteiger partial charge < -0.3 is 11.2 Å². The second kappa shape index (κ2) is 7.80. The summed E-state index contributed by atoms with van der Waals surface area (Å²) in [4.78, 5) is 12.2. The third-order valence-electron chi connectivity index (χ3n) is 3.84. The molecule has 0 saturated heterocycles. The number of nitrogens with zero attached hydrogens (tertiary/aromatic N) is 3. The van der Waals surface area contributed by atoms with Gasteiger partial charge in [0.1, 0.15) is 0 Å². The lowest BCUT2D eigenvalue weighted by Gasteiger charge is -2.07. The minimum Gasteiger partial charge on any atom is -0.335 e. The van der Waals surface area contributed by atoms with Crippen molar-refractivity contribution in [2.24, 2.45) is 0 Å². The quantitative estimate of drug-likeness (QED) is 0.515. The van der Waals surface area contributed by atoms with Gasteiger partial charge in [0, 0.05) is 16.3 Å². The van der Waals surface area contributed by atoms with E-state index >= 15 is 0 Å². The average Bonchev–Trinajstić information content (AvgIpc) is 2.97. The summed E-state index contributed by atoms with van der Waals surface area (Å²) < 4.78 is 1.41. The zero-order valence-electron chi connectivity index (χ0n) is 14.4. The molecule has 0 radical (unpaired) electrons. The number of carbonyl (C=O) groups is 1. The van der Waals surface area contributed by atoms with Gasteiger partial charge in [-0.15, -0.1) is 10.2 Å². The maximum absolute atomic E-state index is 12.2. The Kier molecular flexibility index (Phi) is 5.49. The van der Waals surface area contributed by atoms with Gasteiger partial charge in [0.05, 0.1) is 5.75 Å². The van der Waals surface area contributed by atoms with E-state index in [1.807, 2.05) is 50.2 Å². The first kappa shape index (κ1) is 18.3. The van der Waals surface area contributed by atoms with E-state index in [9.17, 15) is 4.79 Å². The highest BCUT2D eigenvalue weighted by Crippen LogP contribution is 2.24. The molecule has 1 aromatic heterocycles. The largest absolute Gasteiger partial charge is 0.335 e. The van der Waals surface area contributed by atoms with E-state index < -0.39 is 0 Å². The van der Waals surface area contributed by atoms with Gasteiger partial charge in [-0.05, 0) is 37.1 Å². The molecule has 1 amide bonds. The van der Waals surface area contributed by atoms with Gasteiger partial charge in [0.25, 0.3) is 0 Å². The van der Waals surface area contributed by atoms with Crippen molar-refractivity contribution in [3.63, 3.8) is 0 Å². The number of halogens is 1. The molecule has 0 bridgehead atoms. The molecule has 134 valence electrons. The summed E-state index contributed by atoms with van der Waals surface area (Å²) in [7, 11) is 0. The molecule has 0 atom stereocenters. The van der Waals surface area contributed by atoms with Crippen molar-refractivity contribution < 1.29 is 4.79 Å². The van der Waals surface area contributed by atoms with Crippen LogP contribution in [-0.4, -0.2) is 26.5 Å². The molecule has 2 aromatic carbocycles. The van der Waals surface area contributed by atoms with Crippen LogP contribution in [0.1, 0.15) is 11.1 Å². The van der Waals surface area contributed by atoms with Gasteiger partial charge in [0.15, 0.2) is 5.82 Å². The Bertz CT molecular complexity index is 957. The van der Waals surface area contributed by atoms with Crippen molar-refractivity contribution in [3.8, 4) is 11.4 Å². The number of nitrogen functional groups attached to an aromatic ring is 1. The second-order valence-corrected chi connectivity index (χ2v) is 7.14. The van der Waals surface area contributed by atoms with Crippen molar-refractivity contribution >= 4 is 35.0 Å². The number of thioether (sulfide) groups is 1. The van der Waals surface area contributed by atoms with Gasteiger partial charge in [0.2, 0.25) is 11.1 Å². The van der Waals surface area contributed by atoms with Gasteiger partial charge in [-0.2, -0.15) is 0 Å². The zero-order chi connectivity index (χ0) is 18.7. The van der Waals surface area contributed by atoms with Crippen LogP contribution in [0.15, 0.2) is 47.6 Å². The number of aromatic nitrogens is 3. The Morgan fingerprint density at radius 3 is 2.69 bits per heavy atom. The van der Waals surface area contributed by atoms with Crippen molar-refractivity contribution in [3.05, 3.63) is 58.6 Å². The van der Waals surface area contributed by atoms with Gasteiger partial charge in [-0.25, -0.2) is 4.68 Å². The molecule has 3 aromatic rings. The first-order valence-electron chi connectivity index (χ1n) is 7.91. The highest BCUT2D eigenvalue weighted by Gasteiger charge is 2.15. The predicted octanol–water partition coefficient (Wildman–Crippen LogP) is 3.66. The number of hydrogen-bond acceptors (Lipinski definition) is 5. The smallest absolute Gasteiger partial charge is 0.234 e. The number of hydrogen-bond donors (Lipinski definition) is 2. The Hall–Kier alpha value is -2.51. The summed E-state index contributed by atoms with van der Waals surface area (Å²) in [6, 6.07) is 13.2. The van der Waals surface area contributed by atoms with Crippen LogP contribution < -0.4 is 11.2 Å². The molecule has 0 spiro atoms. The molecule has 3 rings (SSSR count). The van der Waals surface area contributed by atoms with Gasteiger partial charge in [-0.1, -0.05) is 53.7 Å². The Morgan fingerprint density at radius 1 is 1.19 bits per heavy atom. The number of aryl methyl sites for hydroxylation is 2. The first-order chi connectivity index (χ1) is 12.5. The molecule has 0 aliphatic rings. The lowest BCUT2D eigenvalue weighted by molar-refractivity contribution is -0.113. The van der Waals surface area contributed by atoms with Gasteiger partial charge in [-0.3, -0.25) is 4.79 Å². The molecule has 3 N–H and O–H groups in total. The van der Waals surface area contributed by atoms with Crippen LogP contribution in [0.4, 0.5) is 5.69 Å². The number of anilines is 1. The molecule has 0 saturated carbocycles. The fourth-order valence-electron chi connectivity index (χ4n) is 2.38. The molecular weight excluding hydrogens is 370 g/mol. The molecular formula is C18H18ClN5OS. The van der Waals surface area contributed by atoms with Crippen molar-refractivity contribution in [1.29, 1.82) is 0 Å². The number of nitrogens with one attached hydrogen (secondary N) is 1. The average molecular weight is 388 g/mol. The fraction of sp³-hybridized carbons (Fsp3) is 0.167. The fourth-order valence-corrected chi connectivity index (χ4v) is 3.22. The van der Waals surface area contributed by atoms with E-state index in [0.29, 0.717) is 21.7 Å². The monoisotopic (exact) mass is 387 g/mol. The third-order valence-corrected chi connectivity index (χ3v) is 5.19. The Balaban J connectivity index is 1.66. The van der Waals surface area contributed by atoms with Crippen molar-refractivity contribution in [1.82, 2.24) is 14.9 Å². The first-order valence-corrected chi connectivity index (χ1v) is 9.27. The number of carbonyl (C=O) groups excluding carboxylic acids is 1. The molecule has 26 heavy (non-hydrogen) atoms. The third kappa shape index (κ3) is 4.00. The molecule has 0 fully saturated rings. The molecule has 0 aliphatic carbocycles. The summed E-state index contributed by atoms with van der Waals surface area (Å²) in [5.74, 6) is 6.66. The highest BCUT2D eigenvalue weighted by molar-refractivity contribution is 7.99. The maximum atomic E-state index is 12.2. The van der Waals surface area contributed by atoms with Crippen LogP contribution in [0.2, 0.25) is 5.02 Å². The highest BCUT2D eigenvalue weighted by atomic mass is 35.5. The number of rotatable bonds is 5. The van der Waals surface area contributed by atoms with E-state index in [-0.39, 0.29) is 11.7 Å². The van der Waals surface area contributed by atoms with Crippen LogP contribution in [0.25, 0.3) is 11.4 Å². The minimum absolute atomic E-state index is 0.161. The molecule has 1 heterocycles. The van der Waals surface area contributed by atoms with Crippen LogP contribution in [0.3, 0.4) is 0 Å². The Labute approximate surface area is 160 Å². The SMILES string of the molecule is Cc1ccc(NC(=O)CSc2nnc(-c3ccccc3C)n2N)cc1Cl. The van der Waals surface area contributed by atoms with E-state index in [0.717, 1.165) is 16.7 Å². The molecule has 0 unspecified atom stereocenters. The van der Waals surface area contributed by atoms with Crippen molar-refractivity contribution in [2.75, 3.05) is 16.9 Å². The minimum atomic E-state index is -0.171. The van der Waals surface area contributed by atoms with Crippen LogP contribution in [0.5, 0.6) is 0 Å². The van der Waals surface area contributed by atoms with E-state index in [1.165, 1.54) is 16.4 Å². The summed E-state index contributed by atoms with van der Waals surface area (Å²) in [5, 5.41) is 12.1.